The number of benzene rings is 1. The lowest BCUT2D eigenvalue weighted by Crippen LogP contribution is -2.31. The van der Waals surface area contributed by atoms with Gasteiger partial charge in [-0.2, -0.15) is 0 Å². The number of hydrogen-bond donors (Lipinski definition) is 1. The average Bonchev–Trinajstić information content (AvgIpc) is 2.66. The molecule has 0 bridgehead atoms. The Morgan fingerprint density at radius 2 is 2.10 bits per heavy atom. The van der Waals surface area contributed by atoms with E-state index < -0.39 is 0 Å². The van der Waals surface area contributed by atoms with Crippen molar-refractivity contribution in [1.82, 2.24) is 5.32 Å². The summed E-state index contributed by atoms with van der Waals surface area (Å²) >= 11 is 5.74. The minimum Gasteiger partial charge on any atom is -0.314 e. The molecule has 0 amide bonds. The number of halogens is 2. The highest BCUT2D eigenvalue weighted by Crippen LogP contribution is 2.27. The zero-order valence-corrected chi connectivity index (χ0v) is 13.1. The smallest absolute Gasteiger partial charge is 0.142 e. The Balaban J connectivity index is 1.94. The predicted octanol–water partition coefficient (Wildman–Crippen LogP) is 4.97. The van der Waals surface area contributed by atoms with Crippen molar-refractivity contribution in [3.8, 4) is 0 Å². The van der Waals surface area contributed by atoms with Crippen molar-refractivity contribution in [2.75, 3.05) is 6.54 Å². The summed E-state index contributed by atoms with van der Waals surface area (Å²) in [5.41, 5.74) is 1.08. The van der Waals surface area contributed by atoms with Gasteiger partial charge in [-0.25, -0.2) is 4.39 Å². The van der Waals surface area contributed by atoms with Gasteiger partial charge in [-0.15, -0.1) is 0 Å². The van der Waals surface area contributed by atoms with Gasteiger partial charge in [0.25, 0.3) is 0 Å². The molecule has 2 rings (SSSR count). The first-order valence-corrected chi connectivity index (χ1v) is 8.24. The molecule has 0 spiro atoms. The van der Waals surface area contributed by atoms with Crippen LogP contribution in [-0.2, 0) is 6.42 Å². The second kappa shape index (κ2) is 7.99. The fourth-order valence-electron chi connectivity index (χ4n) is 3.18. The van der Waals surface area contributed by atoms with Crippen LogP contribution in [-0.4, -0.2) is 12.6 Å². The molecule has 1 aromatic rings. The van der Waals surface area contributed by atoms with E-state index in [1.165, 1.54) is 38.5 Å². The Hall–Kier alpha value is -0.600. The van der Waals surface area contributed by atoms with Crippen molar-refractivity contribution >= 4 is 11.6 Å². The summed E-state index contributed by atoms with van der Waals surface area (Å²) in [5.74, 6) is 0.367. The van der Waals surface area contributed by atoms with E-state index in [-0.39, 0.29) is 10.8 Å². The quantitative estimate of drug-likeness (QED) is 0.757. The van der Waals surface area contributed by atoms with Gasteiger partial charge < -0.3 is 5.32 Å². The van der Waals surface area contributed by atoms with Gasteiger partial charge in [-0.3, -0.25) is 0 Å². The van der Waals surface area contributed by atoms with Crippen molar-refractivity contribution in [1.29, 1.82) is 0 Å². The van der Waals surface area contributed by atoms with E-state index in [2.05, 4.69) is 12.2 Å². The maximum absolute atomic E-state index is 13.5. The Labute approximate surface area is 126 Å². The summed E-state index contributed by atoms with van der Waals surface area (Å²) in [6, 6.07) is 5.88. The highest BCUT2D eigenvalue weighted by molar-refractivity contribution is 6.30. The molecular weight excluding hydrogens is 273 g/mol. The van der Waals surface area contributed by atoms with Crippen molar-refractivity contribution in [3.63, 3.8) is 0 Å². The molecule has 1 saturated carbocycles. The molecule has 1 aliphatic carbocycles. The molecule has 1 aliphatic rings. The molecule has 1 N–H and O–H groups in total. The van der Waals surface area contributed by atoms with Gasteiger partial charge in [-0.1, -0.05) is 43.9 Å². The van der Waals surface area contributed by atoms with Crippen molar-refractivity contribution in [2.24, 2.45) is 5.92 Å². The first-order valence-electron chi connectivity index (χ1n) is 7.86. The van der Waals surface area contributed by atoms with Crippen LogP contribution in [0.15, 0.2) is 18.2 Å². The zero-order valence-electron chi connectivity index (χ0n) is 12.3. The van der Waals surface area contributed by atoms with Gasteiger partial charge in [0.1, 0.15) is 5.82 Å². The first kappa shape index (κ1) is 15.8. The molecule has 1 nitrogen and oxygen atoms in total. The van der Waals surface area contributed by atoms with Crippen LogP contribution in [0.25, 0.3) is 0 Å². The van der Waals surface area contributed by atoms with Crippen LogP contribution in [0.3, 0.4) is 0 Å². The third-order valence-electron chi connectivity index (χ3n) is 4.22. The summed E-state index contributed by atoms with van der Waals surface area (Å²) in [6.45, 7) is 3.31. The van der Waals surface area contributed by atoms with Crippen LogP contribution < -0.4 is 5.32 Å². The molecule has 3 heteroatoms. The Bertz CT molecular complexity index is 421. The minimum atomic E-state index is -0.293. The summed E-state index contributed by atoms with van der Waals surface area (Å²) in [7, 11) is 0. The highest BCUT2D eigenvalue weighted by atomic mass is 35.5. The van der Waals surface area contributed by atoms with Crippen LogP contribution >= 0.6 is 11.6 Å². The van der Waals surface area contributed by atoms with E-state index in [9.17, 15) is 4.39 Å². The third-order valence-corrected chi connectivity index (χ3v) is 4.53. The number of rotatable bonds is 5. The summed E-state index contributed by atoms with van der Waals surface area (Å²) in [6.07, 6.45) is 8.52. The summed E-state index contributed by atoms with van der Waals surface area (Å²) in [4.78, 5) is 0. The average molecular weight is 298 g/mol. The second-order valence-electron chi connectivity index (χ2n) is 5.99. The lowest BCUT2D eigenvalue weighted by molar-refractivity contribution is 0.384. The lowest BCUT2D eigenvalue weighted by Gasteiger charge is -2.21. The van der Waals surface area contributed by atoms with Gasteiger partial charge >= 0.3 is 0 Å². The molecular formula is C17H25ClFN. The van der Waals surface area contributed by atoms with Crippen LogP contribution in [0.5, 0.6) is 0 Å². The molecule has 2 atom stereocenters. The maximum atomic E-state index is 13.5. The number of hydrogen-bond acceptors (Lipinski definition) is 1. The molecule has 1 fully saturated rings. The van der Waals surface area contributed by atoms with E-state index in [0.29, 0.717) is 12.0 Å². The van der Waals surface area contributed by atoms with Crippen LogP contribution in [0.4, 0.5) is 4.39 Å². The molecule has 0 aromatic heterocycles. The zero-order chi connectivity index (χ0) is 14.4. The number of nitrogens with one attached hydrogen (secondary N) is 1. The van der Waals surface area contributed by atoms with E-state index in [0.717, 1.165) is 18.5 Å². The standard InChI is InChI=1S/C17H25ClFN/c1-2-9-20-15-6-4-3-5-13(11-15)10-14-7-8-16(18)17(19)12-14/h7-8,12-13,15,20H,2-6,9-11H2,1H3. The fraction of sp³-hybridized carbons (Fsp3) is 0.647. The summed E-state index contributed by atoms with van der Waals surface area (Å²) in [5, 5.41) is 3.87. The van der Waals surface area contributed by atoms with E-state index in [4.69, 9.17) is 11.6 Å². The molecule has 2 unspecified atom stereocenters. The van der Waals surface area contributed by atoms with Gasteiger partial charge in [0.05, 0.1) is 5.02 Å². The van der Waals surface area contributed by atoms with E-state index in [1.54, 1.807) is 12.1 Å². The topological polar surface area (TPSA) is 12.0 Å². The second-order valence-corrected chi connectivity index (χ2v) is 6.40. The van der Waals surface area contributed by atoms with Gasteiger partial charge in [0.2, 0.25) is 0 Å². The minimum absolute atomic E-state index is 0.220. The molecule has 20 heavy (non-hydrogen) atoms. The van der Waals surface area contributed by atoms with Gasteiger partial charge in [0.15, 0.2) is 0 Å². The third kappa shape index (κ3) is 4.75. The predicted molar refractivity (Wildman–Crippen MR) is 83.8 cm³/mol. The van der Waals surface area contributed by atoms with Crippen molar-refractivity contribution in [3.05, 3.63) is 34.6 Å². The highest BCUT2D eigenvalue weighted by Gasteiger charge is 2.20. The monoisotopic (exact) mass is 297 g/mol. The van der Waals surface area contributed by atoms with Gasteiger partial charge in [-0.05, 0) is 55.8 Å². The van der Waals surface area contributed by atoms with Gasteiger partial charge in [0, 0.05) is 6.04 Å². The van der Waals surface area contributed by atoms with Crippen molar-refractivity contribution < 1.29 is 4.39 Å². The molecule has 0 aliphatic heterocycles. The first-order chi connectivity index (χ1) is 9.69. The molecule has 0 heterocycles. The van der Waals surface area contributed by atoms with Crippen LogP contribution in [0.2, 0.25) is 5.02 Å². The fourth-order valence-corrected chi connectivity index (χ4v) is 3.30. The Morgan fingerprint density at radius 1 is 1.30 bits per heavy atom. The SMILES string of the molecule is CCCNC1CCCCC(Cc2ccc(Cl)c(F)c2)C1. The van der Waals surface area contributed by atoms with E-state index >= 15 is 0 Å². The maximum Gasteiger partial charge on any atom is 0.142 e. The lowest BCUT2D eigenvalue weighted by atomic mass is 9.91. The molecule has 0 radical (unpaired) electrons. The molecule has 112 valence electrons. The largest absolute Gasteiger partial charge is 0.314 e. The van der Waals surface area contributed by atoms with E-state index in [1.807, 2.05) is 6.07 Å². The Kier molecular flexibility index (Phi) is 6.31. The Morgan fingerprint density at radius 3 is 2.85 bits per heavy atom. The van der Waals surface area contributed by atoms with Crippen molar-refractivity contribution in [2.45, 2.75) is 57.9 Å². The van der Waals surface area contributed by atoms with Crippen LogP contribution in [0.1, 0.15) is 51.0 Å². The van der Waals surface area contributed by atoms with Crippen LogP contribution in [0, 0.1) is 11.7 Å². The normalized spacial score (nSPS) is 23.6. The molecule has 0 saturated heterocycles. The summed E-state index contributed by atoms with van der Waals surface area (Å²) < 4.78 is 13.5. The molecule has 1 aromatic carbocycles.